The van der Waals surface area contributed by atoms with Crippen molar-refractivity contribution in [1.82, 2.24) is 0 Å². The summed E-state index contributed by atoms with van der Waals surface area (Å²) in [6, 6.07) is 15.1. The molecule has 0 bridgehead atoms. The molecule has 2 aromatic heterocycles. The van der Waals surface area contributed by atoms with Gasteiger partial charge in [0.2, 0.25) is 5.78 Å². The number of aliphatic hydroxyl groups is 1. The Morgan fingerprint density at radius 1 is 1.14 bits per heavy atom. The highest BCUT2D eigenvalue weighted by Crippen LogP contribution is 2.43. The maximum Gasteiger partial charge on any atom is 0.294 e. The van der Waals surface area contributed by atoms with E-state index in [0.29, 0.717) is 38.8 Å². The van der Waals surface area contributed by atoms with E-state index in [0.717, 1.165) is 0 Å². The number of furan rings is 2. The van der Waals surface area contributed by atoms with Gasteiger partial charge in [0.25, 0.3) is 5.91 Å². The fourth-order valence-electron chi connectivity index (χ4n) is 4.15. The third kappa shape index (κ3) is 3.63. The second-order valence-corrected chi connectivity index (χ2v) is 8.35. The van der Waals surface area contributed by atoms with Crippen LogP contribution in [-0.2, 0) is 4.79 Å². The number of carbonyl (C=O) groups excluding carboxylic acids is 2. The van der Waals surface area contributed by atoms with Crippen LogP contribution in [0.5, 0.6) is 5.75 Å². The third-order valence-corrected chi connectivity index (χ3v) is 5.97. The molecule has 174 valence electrons. The maximum absolute atomic E-state index is 13.7. The molecular formula is C26H17ClN2O6. The summed E-state index contributed by atoms with van der Waals surface area (Å²) in [4.78, 5) is 28.1. The Hall–Kier alpha value is -4.48. The minimum atomic E-state index is -1.06. The first kappa shape index (κ1) is 22.3. The van der Waals surface area contributed by atoms with Gasteiger partial charge in [-0.25, -0.2) is 0 Å². The average Bonchev–Trinajstić information content (AvgIpc) is 3.54. The van der Waals surface area contributed by atoms with Crippen molar-refractivity contribution in [3.63, 3.8) is 0 Å². The van der Waals surface area contributed by atoms with Crippen LogP contribution in [0.3, 0.4) is 0 Å². The van der Waals surface area contributed by atoms with Crippen molar-refractivity contribution in [2.75, 3.05) is 12.0 Å². The van der Waals surface area contributed by atoms with Crippen LogP contribution >= 0.6 is 11.6 Å². The molecule has 0 fully saturated rings. The van der Waals surface area contributed by atoms with E-state index in [1.165, 1.54) is 18.1 Å². The van der Waals surface area contributed by atoms with Gasteiger partial charge in [-0.3, -0.25) is 14.5 Å². The summed E-state index contributed by atoms with van der Waals surface area (Å²) in [5, 5.41) is 20.9. The molecule has 5 rings (SSSR count). The lowest BCUT2D eigenvalue weighted by Crippen LogP contribution is -2.30. The Morgan fingerprint density at radius 3 is 2.51 bits per heavy atom. The number of anilines is 1. The summed E-state index contributed by atoms with van der Waals surface area (Å²) in [6.07, 6.45) is 0. The molecule has 0 spiro atoms. The number of carbonyl (C=O) groups is 2. The van der Waals surface area contributed by atoms with E-state index in [1.54, 1.807) is 55.5 Å². The van der Waals surface area contributed by atoms with Gasteiger partial charge in [0, 0.05) is 22.2 Å². The number of halogens is 1. The summed E-state index contributed by atoms with van der Waals surface area (Å²) in [7, 11) is 1.45. The zero-order valence-electron chi connectivity index (χ0n) is 18.5. The van der Waals surface area contributed by atoms with E-state index in [9.17, 15) is 14.7 Å². The molecule has 1 amide bonds. The number of aryl methyl sites for hydroxylation is 1. The Bertz CT molecular complexity index is 1570. The molecule has 0 aliphatic carbocycles. The number of aliphatic hydroxyl groups excluding tert-OH is 1. The number of benzene rings is 2. The summed E-state index contributed by atoms with van der Waals surface area (Å²) in [5.41, 5.74) is 0.881. The molecule has 35 heavy (non-hydrogen) atoms. The first-order valence-corrected chi connectivity index (χ1v) is 10.8. The number of hydrogen-bond acceptors (Lipinski definition) is 7. The van der Waals surface area contributed by atoms with Crippen LogP contribution in [0.15, 0.2) is 74.8 Å². The van der Waals surface area contributed by atoms with Crippen LogP contribution in [0.4, 0.5) is 5.69 Å². The van der Waals surface area contributed by atoms with E-state index < -0.39 is 23.5 Å². The Balaban J connectivity index is 1.65. The van der Waals surface area contributed by atoms with Crippen LogP contribution < -0.4 is 9.64 Å². The van der Waals surface area contributed by atoms with Gasteiger partial charge in [-0.05, 0) is 55.5 Å². The molecule has 1 N–H and O–H groups in total. The van der Waals surface area contributed by atoms with Gasteiger partial charge < -0.3 is 18.7 Å². The van der Waals surface area contributed by atoms with E-state index in [1.807, 2.05) is 6.07 Å². The molecular weight excluding hydrogens is 472 g/mol. The van der Waals surface area contributed by atoms with Crippen molar-refractivity contribution in [2.24, 2.45) is 0 Å². The summed E-state index contributed by atoms with van der Waals surface area (Å²) in [5.74, 6) is -1.12. The zero-order chi connectivity index (χ0) is 24.9. The van der Waals surface area contributed by atoms with E-state index in [2.05, 4.69) is 0 Å². The van der Waals surface area contributed by atoms with Crippen molar-refractivity contribution in [1.29, 1.82) is 5.26 Å². The second kappa shape index (κ2) is 8.38. The molecule has 0 saturated carbocycles. The standard InChI is InChI=1S/C26H17ClN2O6/c1-13-3-8-18(34-13)22-21(24(31)26(32)29(22)17-6-4-14(12-28)5-7-17)23(30)19-10-15-9-16(27)11-20(33-2)25(15)35-19/h3-11,22,31H,1-2H3. The van der Waals surface area contributed by atoms with Crippen LogP contribution in [-0.4, -0.2) is 23.9 Å². The van der Waals surface area contributed by atoms with Gasteiger partial charge in [-0.1, -0.05) is 11.6 Å². The number of hydrogen-bond donors (Lipinski definition) is 1. The largest absolute Gasteiger partial charge is 0.503 e. The highest BCUT2D eigenvalue weighted by molar-refractivity contribution is 6.31. The first-order valence-electron chi connectivity index (χ1n) is 10.5. The lowest BCUT2D eigenvalue weighted by Gasteiger charge is -2.24. The number of nitriles is 1. The van der Waals surface area contributed by atoms with Crippen LogP contribution in [0.25, 0.3) is 11.0 Å². The molecule has 9 heteroatoms. The smallest absolute Gasteiger partial charge is 0.294 e. The predicted molar refractivity (Wildman–Crippen MR) is 127 cm³/mol. The molecule has 0 saturated heterocycles. The topological polar surface area (TPSA) is 117 Å². The van der Waals surface area contributed by atoms with E-state index in [4.69, 9.17) is 30.4 Å². The summed E-state index contributed by atoms with van der Waals surface area (Å²) >= 11 is 6.14. The van der Waals surface area contributed by atoms with Gasteiger partial charge in [-0.2, -0.15) is 5.26 Å². The number of ketones is 1. The monoisotopic (exact) mass is 488 g/mol. The first-order chi connectivity index (χ1) is 16.8. The summed E-state index contributed by atoms with van der Waals surface area (Å²) in [6.45, 7) is 1.73. The SMILES string of the molecule is COc1cc(Cl)cc2cc(C(=O)C3=C(O)C(=O)N(c4ccc(C#N)cc4)C3c3ccc(C)o3)oc12. The Labute approximate surface area is 204 Å². The van der Waals surface area contributed by atoms with Crippen molar-refractivity contribution in [2.45, 2.75) is 13.0 Å². The van der Waals surface area contributed by atoms with Crippen molar-refractivity contribution < 1.29 is 28.3 Å². The number of ether oxygens (including phenoxy) is 1. The molecule has 1 atom stereocenters. The maximum atomic E-state index is 13.7. The Morgan fingerprint density at radius 2 is 1.89 bits per heavy atom. The predicted octanol–water partition coefficient (Wildman–Crippen LogP) is 5.65. The number of amides is 1. The molecule has 1 aliphatic rings. The fraction of sp³-hybridized carbons (Fsp3) is 0.115. The molecule has 3 heterocycles. The molecule has 2 aromatic carbocycles. The third-order valence-electron chi connectivity index (χ3n) is 5.75. The minimum Gasteiger partial charge on any atom is -0.503 e. The lowest BCUT2D eigenvalue weighted by atomic mass is 9.99. The average molecular weight is 489 g/mol. The van der Waals surface area contributed by atoms with Gasteiger partial charge in [0.1, 0.15) is 17.6 Å². The van der Waals surface area contributed by atoms with Crippen molar-refractivity contribution in [3.05, 3.63) is 93.8 Å². The molecule has 8 nitrogen and oxygen atoms in total. The number of fused-ring (bicyclic) bond motifs is 1. The van der Waals surface area contributed by atoms with Crippen LogP contribution in [0.2, 0.25) is 5.02 Å². The van der Waals surface area contributed by atoms with Gasteiger partial charge in [0.05, 0.1) is 24.3 Å². The molecule has 0 radical (unpaired) electrons. The normalized spacial score (nSPS) is 15.7. The van der Waals surface area contributed by atoms with Crippen molar-refractivity contribution in [3.8, 4) is 11.8 Å². The lowest BCUT2D eigenvalue weighted by molar-refractivity contribution is -0.117. The van der Waals surface area contributed by atoms with Gasteiger partial charge >= 0.3 is 0 Å². The van der Waals surface area contributed by atoms with Crippen LogP contribution in [0.1, 0.15) is 33.7 Å². The fourth-order valence-corrected chi connectivity index (χ4v) is 4.37. The molecule has 1 aliphatic heterocycles. The highest BCUT2D eigenvalue weighted by atomic mass is 35.5. The van der Waals surface area contributed by atoms with Gasteiger partial charge in [0.15, 0.2) is 22.9 Å². The quantitative estimate of drug-likeness (QED) is 0.360. The van der Waals surface area contributed by atoms with E-state index in [-0.39, 0.29) is 17.1 Å². The summed E-state index contributed by atoms with van der Waals surface area (Å²) < 4.78 is 16.9. The highest BCUT2D eigenvalue weighted by Gasteiger charge is 2.47. The molecule has 4 aromatic rings. The zero-order valence-corrected chi connectivity index (χ0v) is 19.3. The molecule has 1 unspecified atom stereocenters. The minimum absolute atomic E-state index is 0.107. The van der Waals surface area contributed by atoms with Crippen molar-refractivity contribution >= 4 is 39.9 Å². The number of Topliss-reactive ketones (excluding diaryl/α,β-unsaturated/α-hetero) is 1. The second-order valence-electron chi connectivity index (χ2n) is 7.91. The Kier molecular flexibility index (Phi) is 5.35. The number of nitrogens with zero attached hydrogens (tertiary/aromatic N) is 2. The van der Waals surface area contributed by atoms with E-state index >= 15 is 0 Å². The number of rotatable bonds is 5. The van der Waals surface area contributed by atoms with Gasteiger partial charge in [-0.15, -0.1) is 0 Å². The number of methoxy groups -OCH3 is 1. The van der Waals surface area contributed by atoms with Crippen LogP contribution in [0, 0.1) is 18.3 Å².